The van der Waals surface area contributed by atoms with Crippen LogP contribution < -0.4 is 0 Å². The molecule has 0 spiro atoms. The maximum atomic E-state index is 5.33. The molecule has 3 aliphatic rings. The monoisotopic (exact) mass is 391 g/mol. The van der Waals surface area contributed by atoms with Gasteiger partial charge in [-0.2, -0.15) is 0 Å². The Hall–Kier alpha value is -0.149. The molecule has 25 heavy (non-hydrogen) atoms. The standard InChI is InChI=1S/C19H28NSi.3CH3.Ti/c1-19(2,3)20-21(4,5)18-16-12-8-6-10-14(16)15-11-7-9-13-17(15)18;;;;/h6-18H,1-5H3;3*1H3;/q4*-1;+4. The Morgan fingerprint density at radius 1 is 0.680 bits per heavy atom. The van der Waals surface area contributed by atoms with Crippen molar-refractivity contribution in [2.75, 3.05) is 0 Å². The third-order valence-electron chi connectivity index (χ3n) is 5.16. The van der Waals surface area contributed by atoms with E-state index in [2.05, 4.69) is 82.5 Å². The summed E-state index contributed by atoms with van der Waals surface area (Å²) in [6, 6.07) is 0. The third-order valence-corrected chi connectivity index (χ3v) is 8.81. The summed E-state index contributed by atoms with van der Waals surface area (Å²) >= 11 is 0. The average Bonchev–Trinajstić information content (AvgIpc) is 2.71. The van der Waals surface area contributed by atoms with E-state index >= 15 is 0 Å². The number of nitrogens with zero attached hydrogens (tertiary/aromatic N) is 1. The van der Waals surface area contributed by atoms with Gasteiger partial charge >= 0.3 is 21.7 Å². The Kier molecular flexibility index (Phi) is 10.5. The van der Waals surface area contributed by atoms with Gasteiger partial charge in [0.15, 0.2) is 0 Å². The third kappa shape index (κ3) is 5.42. The van der Waals surface area contributed by atoms with Crippen LogP contribution in [0.3, 0.4) is 0 Å². The molecule has 138 valence electrons. The van der Waals surface area contributed by atoms with Crippen molar-refractivity contribution in [1.82, 2.24) is 0 Å². The topological polar surface area (TPSA) is 14.1 Å². The maximum Gasteiger partial charge on any atom is 4.00 e. The molecule has 0 amide bonds. The predicted molar refractivity (Wildman–Crippen MR) is 114 cm³/mol. The van der Waals surface area contributed by atoms with Crippen molar-refractivity contribution in [2.24, 2.45) is 23.7 Å². The molecule has 0 aromatic rings. The second-order valence-electron chi connectivity index (χ2n) is 8.31. The summed E-state index contributed by atoms with van der Waals surface area (Å²) in [5.41, 5.74) is 0.792. The van der Waals surface area contributed by atoms with Gasteiger partial charge in [0.1, 0.15) is 0 Å². The van der Waals surface area contributed by atoms with Crippen LogP contribution in [0.15, 0.2) is 48.6 Å². The molecule has 1 nitrogen and oxygen atoms in total. The van der Waals surface area contributed by atoms with Crippen molar-refractivity contribution in [1.29, 1.82) is 0 Å². The van der Waals surface area contributed by atoms with Gasteiger partial charge in [-0.1, -0.05) is 96.3 Å². The van der Waals surface area contributed by atoms with Gasteiger partial charge in [0.05, 0.1) is 0 Å². The van der Waals surface area contributed by atoms with Crippen molar-refractivity contribution < 1.29 is 21.7 Å². The van der Waals surface area contributed by atoms with Crippen LogP contribution >= 0.6 is 0 Å². The van der Waals surface area contributed by atoms with Crippen molar-refractivity contribution in [2.45, 2.75) is 44.9 Å². The van der Waals surface area contributed by atoms with Crippen LogP contribution in [0.2, 0.25) is 18.6 Å². The van der Waals surface area contributed by atoms with Gasteiger partial charge in [0.2, 0.25) is 0 Å². The number of allylic oxidation sites excluding steroid dienone is 8. The van der Waals surface area contributed by atoms with Crippen LogP contribution in [-0.4, -0.2) is 13.8 Å². The molecule has 3 rings (SSSR count). The molecule has 0 bridgehead atoms. The van der Waals surface area contributed by atoms with E-state index in [1.165, 1.54) is 0 Å². The molecule has 0 N–H and O–H groups in total. The zero-order chi connectivity index (χ0) is 15.3. The Morgan fingerprint density at radius 3 is 1.32 bits per heavy atom. The van der Waals surface area contributed by atoms with Crippen LogP contribution in [0, 0.1) is 46.0 Å². The second-order valence-corrected chi connectivity index (χ2v) is 12.5. The van der Waals surface area contributed by atoms with Gasteiger partial charge in [0, 0.05) is 0 Å². The fraction of sp³-hybridized carbons (Fsp3) is 0.500. The Morgan fingerprint density at radius 2 is 1.00 bits per heavy atom. The average molecular weight is 391 g/mol. The summed E-state index contributed by atoms with van der Waals surface area (Å²) in [7, 11) is -1.67. The SMILES string of the molecule is CC(C)(C)[N-][Si](C)(C)C1C2C=CC=CC2C2C=CC=CC21.[CH3-].[CH3-].[CH3-].[Ti+4]. The zero-order valence-electron chi connectivity index (χ0n) is 17.5. The Balaban J connectivity index is 0. The molecular weight excluding hydrogens is 354 g/mol. The fourth-order valence-electron chi connectivity index (χ4n) is 4.91. The molecule has 1 fully saturated rings. The van der Waals surface area contributed by atoms with E-state index in [0.717, 1.165) is 0 Å². The molecule has 0 saturated heterocycles. The molecule has 0 aliphatic heterocycles. The van der Waals surface area contributed by atoms with E-state index in [9.17, 15) is 0 Å². The molecule has 0 aromatic carbocycles. The number of fused-ring (bicyclic) bond motifs is 3. The van der Waals surface area contributed by atoms with Crippen LogP contribution in [0.1, 0.15) is 20.8 Å². The van der Waals surface area contributed by atoms with Gasteiger partial charge in [-0.05, 0) is 23.7 Å². The van der Waals surface area contributed by atoms with E-state index in [1.807, 2.05) is 0 Å². The second kappa shape index (κ2) is 9.69. The van der Waals surface area contributed by atoms with Crippen LogP contribution in [0.4, 0.5) is 0 Å². The summed E-state index contributed by atoms with van der Waals surface area (Å²) in [5, 5.41) is 0. The molecule has 4 unspecified atom stereocenters. The fourth-order valence-corrected chi connectivity index (χ4v) is 9.34. The van der Waals surface area contributed by atoms with Crippen molar-refractivity contribution >= 4 is 8.24 Å². The molecule has 4 atom stereocenters. The summed E-state index contributed by atoms with van der Waals surface area (Å²) in [5.74, 6) is 2.69. The first-order chi connectivity index (χ1) is 9.80. The largest absolute Gasteiger partial charge is 4.00 e. The number of hydrogen-bond donors (Lipinski definition) is 0. The maximum absolute atomic E-state index is 5.33. The van der Waals surface area contributed by atoms with E-state index in [0.29, 0.717) is 29.2 Å². The first-order valence-electron chi connectivity index (χ1n) is 8.24. The zero-order valence-corrected chi connectivity index (χ0v) is 20.0. The van der Waals surface area contributed by atoms with Crippen molar-refractivity contribution in [3.63, 3.8) is 0 Å². The predicted octanol–water partition coefficient (Wildman–Crippen LogP) is 6.81. The molecule has 0 radical (unpaired) electrons. The molecule has 3 aliphatic carbocycles. The first kappa shape index (κ1) is 27.1. The van der Waals surface area contributed by atoms with Gasteiger partial charge in [0.25, 0.3) is 0 Å². The Labute approximate surface area is 174 Å². The summed E-state index contributed by atoms with van der Waals surface area (Å²) in [6.45, 7) is 11.7. The van der Waals surface area contributed by atoms with Crippen molar-refractivity contribution in [3.05, 3.63) is 75.9 Å². The molecule has 0 aromatic heterocycles. The summed E-state index contributed by atoms with van der Waals surface area (Å²) < 4.78 is 0. The Bertz CT molecular complexity index is 491. The van der Waals surface area contributed by atoms with Gasteiger partial charge < -0.3 is 27.3 Å². The van der Waals surface area contributed by atoms with E-state index in [-0.39, 0.29) is 49.5 Å². The normalized spacial score (nSPS) is 31.6. The van der Waals surface area contributed by atoms with Crippen LogP contribution in [0.5, 0.6) is 0 Å². The van der Waals surface area contributed by atoms with Crippen LogP contribution in [-0.2, 0) is 21.7 Å². The van der Waals surface area contributed by atoms with E-state index in [1.54, 1.807) is 0 Å². The van der Waals surface area contributed by atoms with Crippen LogP contribution in [0.25, 0.3) is 4.98 Å². The molecule has 1 saturated carbocycles. The molecule has 3 heteroatoms. The van der Waals surface area contributed by atoms with Gasteiger partial charge in [-0.25, -0.2) is 0 Å². The smallest absolute Gasteiger partial charge is 0.660 e. The summed E-state index contributed by atoms with van der Waals surface area (Å²) in [6.07, 6.45) is 18.8. The molecular formula is C22H37NSiTi. The quantitative estimate of drug-likeness (QED) is 0.362. The summed E-state index contributed by atoms with van der Waals surface area (Å²) in [4.78, 5) is 5.33. The van der Waals surface area contributed by atoms with Gasteiger partial charge in [-0.3, -0.25) is 0 Å². The number of hydrogen-bond acceptors (Lipinski definition) is 0. The minimum atomic E-state index is -1.67. The number of rotatable bonds is 2. The van der Waals surface area contributed by atoms with E-state index < -0.39 is 8.24 Å². The van der Waals surface area contributed by atoms with Crippen molar-refractivity contribution in [3.8, 4) is 0 Å². The minimum absolute atomic E-state index is 0. The minimum Gasteiger partial charge on any atom is -0.660 e. The van der Waals surface area contributed by atoms with E-state index in [4.69, 9.17) is 4.98 Å². The molecule has 0 heterocycles. The van der Waals surface area contributed by atoms with Gasteiger partial charge in [-0.15, -0.1) is 5.54 Å². The first-order valence-corrected chi connectivity index (χ1v) is 11.3.